The van der Waals surface area contributed by atoms with E-state index in [0.717, 1.165) is 5.25 Å². The quantitative estimate of drug-likeness (QED) is 0.652. The van der Waals surface area contributed by atoms with Crippen LogP contribution >= 0.6 is 8.31 Å². The van der Waals surface area contributed by atoms with E-state index in [-0.39, 0.29) is 0 Å². The molecule has 0 saturated carbocycles. The molecule has 0 saturated heterocycles. The van der Waals surface area contributed by atoms with Crippen molar-refractivity contribution in [3.63, 3.8) is 0 Å². The van der Waals surface area contributed by atoms with Crippen LogP contribution in [-0.2, 0) is 0 Å². The molecule has 0 aromatic carbocycles. The third-order valence-electron chi connectivity index (χ3n) is 0.236. The standard InChI is InChI=1S/C3H8S.Pb/c1-3(2)4;/h3-4H,1-2H3;/q;+1/p-1. The van der Waals surface area contributed by atoms with Crippen molar-refractivity contribution in [3.05, 3.63) is 0 Å². The van der Waals surface area contributed by atoms with Gasteiger partial charge in [0.1, 0.15) is 0 Å². The van der Waals surface area contributed by atoms with Crippen molar-refractivity contribution in [2.24, 2.45) is 0 Å². The second-order valence-electron chi connectivity index (χ2n) is 1.17. The van der Waals surface area contributed by atoms with Crippen LogP contribution in [0.4, 0.5) is 0 Å². The minimum atomic E-state index is 0.863. The van der Waals surface area contributed by atoms with E-state index in [2.05, 4.69) is 13.8 Å². The number of rotatable bonds is 1. The van der Waals surface area contributed by atoms with Gasteiger partial charge in [-0.1, -0.05) is 0 Å². The van der Waals surface area contributed by atoms with Crippen LogP contribution in [0.25, 0.3) is 0 Å². The monoisotopic (exact) mass is 283 g/mol. The molecule has 0 N–H and O–H groups in total. The Morgan fingerprint density at radius 1 is 1.60 bits per heavy atom. The van der Waals surface area contributed by atoms with Crippen molar-refractivity contribution < 1.29 is 0 Å². The van der Waals surface area contributed by atoms with E-state index in [4.69, 9.17) is 0 Å². The van der Waals surface area contributed by atoms with E-state index in [1.54, 1.807) is 0 Å². The Hall–Kier alpha value is 1.27. The number of hydrogen-bond acceptors (Lipinski definition) is 1. The van der Waals surface area contributed by atoms with Gasteiger partial charge in [0.25, 0.3) is 0 Å². The van der Waals surface area contributed by atoms with Gasteiger partial charge in [-0.2, -0.15) is 0 Å². The predicted molar refractivity (Wildman–Crippen MR) is 28.5 cm³/mol. The molecule has 29 valence electrons. The molecule has 0 aliphatic heterocycles. The van der Waals surface area contributed by atoms with E-state index < -0.39 is 0 Å². The summed E-state index contributed by atoms with van der Waals surface area (Å²) in [7, 11) is 2.02. The summed E-state index contributed by atoms with van der Waals surface area (Å²) in [6, 6.07) is 0. The Balaban J connectivity index is 2.54. The maximum atomic E-state index is 2.22. The zero-order chi connectivity index (χ0) is 4.28. The zero-order valence-corrected chi connectivity index (χ0v) is 8.19. The molecule has 0 atom stereocenters. The summed E-state index contributed by atoms with van der Waals surface area (Å²) in [5.74, 6) is 0. The molecule has 0 aliphatic carbocycles. The van der Waals surface area contributed by atoms with Gasteiger partial charge in [0.15, 0.2) is 0 Å². The first-order chi connectivity index (χ1) is 2.27. The zero-order valence-electron chi connectivity index (χ0n) is 3.49. The van der Waals surface area contributed by atoms with Crippen molar-refractivity contribution in [2.75, 3.05) is 0 Å². The SMILES string of the molecule is CC(C)[S][Pb]. The fraction of sp³-hybridized carbons (Fsp3) is 1.00. The second kappa shape index (κ2) is 3.46. The molecule has 0 bridgehead atoms. The minimum absolute atomic E-state index is 0.863. The Morgan fingerprint density at radius 2 is 1.80 bits per heavy atom. The van der Waals surface area contributed by atoms with E-state index in [1.807, 2.05) is 8.31 Å². The molecule has 0 unspecified atom stereocenters. The van der Waals surface area contributed by atoms with Crippen LogP contribution < -0.4 is 0 Å². The van der Waals surface area contributed by atoms with Gasteiger partial charge in [-0.15, -0.1) is 0 Å². The summed E-state index contributed by atoms with van der Waals surface area (Å²) in [6.45, 7) is 4.44. The average molecular weight is 282 g/mol. The molecule has 0 nitrogen and oxygen atoms in total. The Kier molecular flexibility index (Phi) is 4.34. The van der Waals surface area contributed by atoms with E-state index in [1.165, 1.54) is 24.3 Å². The normalized spacial score (nSPS) is 9.60. The molecule has 5 heavy (non-hydrogen) atoms. The number of hydrogen-bond donors (Lipinski definition) is 0. The Morgan fingerprint density at radius 3 is 1.80 bits per heavy atom. The molecule has 0 aromatic rings. The summed E-state index contributed by atoms with van der Waals surface area (Å²) in [5, 5.41) is 0.863. The van der Waals surface area contributed by atoms with E-state index >= 15 is 0 Å². The molecule has 0 amide bonds. The van der Waals surface area contributed by atoms with Crippen LogP contribution in [0, 0.1) is 0 Å². The van der Waals surface area contributed by atoms with Crippen molar-refractivity contribution >= 4 is 32.6 Å². The van der Waals surface area contributed by atoms with Gasteiger partial charge in [-0.3, -0.25) is 0 Å². The van der Waals surface area contributed by atoms with Crippen LogP contribution in [0.2, 0.25) is 0 Å². The second-order valence-corrected chi connectivity index (χ2v) is 5.09. The topological polar surface area (TPSA) is 0 Å². The molecule has 3 radical (unpaired) electrons. The molecular weight excluding hydrogens is 275 g/mol. The summed E-state index contributed by atoms with van der Waals surface area (Å²) < 4.78 is 0. The van der Waals surface area contributed by atoms with Crippen LogP contribution in [-0.4, -0.2) is 29.5 Å². The predicted octanol–water partition coefficient (Wildman–Crippen LogP) is 1.21. The first-order valence-electron chi connectivity index (χ1n) is 1.59. The van der Waals surface area contributed by atoms with E-state index in [0.29, 0.717) is 0 Å². The van der Waals surface area contributed by atoms with Gasteiger partial charge in [-0.05, 0) is 0 Å². The first-order valence-corrected chi connectivity index (χ1v) is 7.24. The summed E-state index contributed by atoms with van der Waals surface area (Å²) in [4.78, 5) is 0. The molecule has 0 spiro atoms. The summed E-state index contributed by atoms with van der Waals surface area (Å²) >= 11 is 1.29. The molecule has 0 aromatic heterocycles. The molecule has 0 aliphatic rings. The average Bonchev–Trinajstić information content (AvgIpc) is 1.38. The molecule has 2 heteroatoms. The molecular formula is C3H7PbS. The maximum absolute atomic E-state index is 2.22. The Labute approximate surface area is 51.6 Å². The van der Waals surface area contributed by atoms with Crippen LogP contribution in [0.1, 0.15) is 13.8 Å². The Bertz CT molecular complexity index is 20.9. The third-order valence-corrected chi connectivity index (χ3v) is 6.20. The van der Waals surface area contributed by atoms with Crippen molar-refractivity contribution in [1.82, 2.24) is 0 Å². The van der Waals surface area contributed by atoms with Crippen LogP contribution in [0.15, 0.2) is 0 Å². The van der Waals surface area contributed by atoms with Gasteiger partial charge in [0.2, 0.25) is 0 Å². The van der Waals surface area contributed by atoms with Gasteiger partial charge in [-0.25, -0.2) is 0 Å². The van der Waals surface area contributed by atoms with Gasteiger partial charge in [0, 0.05) is 0 Å². The van der Waals surface area contributed by atoms with Crippen molar-refractivity contribution in [3.8, 4) is 0 Å². The first kappa shape index (κ1) is 6.27. The molecule has 0 heterocycles. The van der Waals surface area contributed by atoms with E-state index in [9.17, 15) is 0 Å². The van der Waals surface area contributed by atoms with Gasteiger partial charge in [0.05, 0.1) is 0 Å². The fourth-order valence-corrected chi connectivity index (χ4v) is 0. The molecule has 0 rings (SSSR count). The van der Waals surface area contributed by atoms with Gasteiger partial charge >= 0.3 is 51.7 Å². The summed E-state index contributed by atoms with van der Waals surface area (Å²) in [5.41, 5.74) is 0. The van der Waals surface area contributed by atoms with Gasteiger partial charge < -0.3 is 0 Å². The molecule has 0 fully saturated rings. The third kappa shape index (κ3) is 5.27. The summed E-state index contributed by atoms with van der Waals surface area (Å²) in [6.07, 6.45) is 0. The van der Waals surface area contributed by atoms with Crippen LogP contribution in [0.5, 0.6) is 0 Å². The van der Waals surface area contributed by atoms with Crippen LogP contribution in [0.3, 0.4) is 0 Å². The van der Waals surface area contributed by atoms with Crippen molar-refractivity contribution in [2.45, 2.75) is 19.1 Å². The fourth-order valence-electron chi connectivity index (χ4n) is 0. The van der Waals surface area contributed by atoms with Crippen molar-refractivity contribution in [1.29, 1.82) is 0 Å².